The average Bonchev–Trinajstić information content (AvgIpc) is 2.48. The van der Waals surface area contributed by atoms with Crippen molar-refractivity contribution in [2.45, 2.75) is 6.92 Å². The third-order valence-electron chi connectivity index (χ3n) is 2.64. The van der Waals surface area contributed by atoms with Crippen LogP contribution in [0.4, 0.5) is 5.69 Å². The summed E-state index contributed by atoms with van der Waals surface area (Å²) in [4.78, 5) is 26.7. The summed E-state index contributed by atoms with van der Waals surface area (Å²) in [5.41, 5.74) is 1.37. The number of hydrogen-bond donors (Lipinski definition) is 1. The van der Waals surface area contributed by atoms with Crippen molar-refractivity contribution >= 4 is 29.5 Å². The second-order valence-corrected chi connectivity index (χ2v) is 4.68. The van der Waals surface area contributed by atoms with Crippen molar-refractivity contribution < 1.29 is 14.3 Å². The number of benzene rings is 1. The molecule has 0 radical (unpaired) electrons. The maximum absolute atomic E-state index is 11.8. The van der Waals surface area contributed by atoms with Crippen LogP contribution < -0.4 is 10.1 Å². The Hall–Kier alpha value is -2.40. The van der Waals surface area contributed by atoms with E-state index in [1.807, 2.05) is 0 Å². The zero-order chi connectivity index (χ0) is 15.2. The Balaban J connectivity index is 1.99. The van der Waals surface area contributed by atoms with Gasteiger partial charge in [-0.25, -0.2) is 4.98 Å². The molecule has 0 spiro atoms. The van der Waals surface area contributed by atoms with Crippen molar-refractivity contribution in [1.29, 1.82) is 0 Å². The maximum Gasteiger partial charge on any atom is 0.262 e. The molecule has 0 atom stereocenters. The number of pyridine rings is 1. The number of carbonyl (C=O) groups is 2. The first-order valence-electron chi connectivity index (χ1n) is 6.20. The molecule has 21 heavy (non-hydrogen) atoms. The van der Waals surface area contributed by atoms with Crippen LogP contribution in [0.5, 0.6) is 5.75 Å². The standard InChI is InChI=1S/C15H13ClN2O3/c1-10-6-7-14(13(8-19)17-10)21-9-15(20)18-12-5-3-2-4-11(12)16/h2-8H,9H2,1H3,(H,18,20). The van der Waals surface area contributed by atoms with E-state index < -0.39 is 0 Å². The normalized spacial score (nSPS) is 10.0. The zero-order valence-electron chi connectivity index (χ0n) is 11.3. The van der Waals surface area contributed by atoms with Crippen LogP contribution in [0, 0.1) is 6.92 Å². The lowest BCUT2D eigenvalue weighted by Gasteiger charge is -2.09. The lowest BCUT2D eigenvalue weighted by atomic mass is 10.3. The predicted octanol–water partition coefficient (Wildman–Crippen LogP) is 2.87. The fourth-order valence-corrected chi connectivity index (χ4v) is 1.85. The van der Waals surface area contributed by atoms with E-state index in [0.29, 0.717) is 22.7 Å². The topological polar surface area (TPSA) is 68.3 Å². The number of rotatable bonds is 5. The highest BCUT2D eigenvalue weighted by atomic mass is 35.5. The summed E-state index contributed by atoms with van der Waals surface area (Å²) in [6.45, 7) is 1.53. The number of aromatic nitrogens is 1. The molecule has 1 aromatic carbocycles. The molecule has 1 amide bonds. The fourth-order valence-electron chi connectivity index (χ4n) is 1.66. The minimum Gasteiger partial charge on any atom is -0.481 e. The number of carbonyl (C=O) groups excluding carboxylic acids is 2. The minimum absolute atomic E-state index is 0.167. The largest absolute Gasteiger partial charge is 0.481 e. The molecule has 0 aliphatic heterocycles. The van der Waals surface area contributed by atoms with Gasteiger partial charge in [0.1, 0.15) is 11.4 Å². The van der Waals surface area contributed by atoms with Gasteiger partial charge in [0.2, 0.25) is 0 Å². The zero-order valence-corrected chi connectivity index (χ0v) is 12.1. The van der Waals surface area contributed by atoms with Crippen LogP contribution >= 0.6 is 11.6 Å². The van der Waals surface area contributed by atoms with Gasteiger partial charge in [-0.3, -0.25) is 9.59 Å². The molecule has 1 N–H and O–H groups in total. The number of halogens is 1. The van der Waals surface area contributed by atoms with E-state index >= 15 is 0 Å². The second kappa shape index (κ2) is 6.85. The van der Waals surface area contributed by atoms with Gasteiger partial charge in [-0.15, -0.1) is 0 Å². The lowest BCUT2D eigenvalue weighted by Crippen LogP contribution is -2.20. The van der Waals surface area contributed by atoms with E-state index in [1.165, 1.54) is 0 Å². The van der Waals surface area contributed by atoms with Crippen LogP contribution in [0.3, 0.4) is 0 Å². The molecule has 0 aliphatic carbocycles. The minimum atomic E-state index is -0.375. The van der Waals surface area contributed by atoms with Crippen LogP contribution in [-0.2, 0) is 4.79 Å². The smallest absolute Gasteiger partial charge is 0.262 e. The van der Waals surface area contributed by atoms with Gasteiger partial charge in [0.15, 0.2) is 12.9 Å². The van der Waals surface area contributed by atoms with Crippen LogP contribution in [0.1, 0.15) is 16.2 Å². The Morgan fingerprint density at radius 1 is 1.33 bits per heavy atom. The van der Waals surface area contributed by atoms with E-state index in [9.17, 15) is 9.59 Å². The Morgan fingerprint density at radius 2 is 2.10 bits per heavy atom. The van der Waals surface area contributed by atoms with Gasteiger partial charge >= 0.3 is 0 Å². The molecule has 0 fully saturated rings. The molecule has 0 aliphatic rings. The van der Waals surface area contributed by atoms with E-state index in [-0.39, 0.29) is 24.0 Å². The predicted molar refractivity (Wildman–Crippen MR) is 79.9 cm³/mol. The molecular formula is C15H13ClN2O3. The molecule has 1 aromatic heterocycles. The van der Waals surface area contributed by atoms with Gasteiger partial charge in [0, 0.05) is 5.69 Å². The highest BCUT2D eigenvalue weighted by Gasteiger charge is 2.09. The molecule has 2 rings (SSSR count). The summed E-state index contributed by atoms with van der Waals surface area (Å²) in [5.74, 6) is -0.106. The van der Waals surface area contributed by atoms with Crippen molar-refractivity contribution in [2.75, 3.05) is 11.9 Å². The summed E-state index contributed by atoms with van der Waals surface area (Å²) < 4.78 is 5.31. The summed E-state index contributed by atoms with van der Waals surface area (Å²) in [7, 11) is 0. The quantitative estimate of drug-likeness (QED) is 0.862. The van der Waals surface area contributed by atoms with E-state index in [1.54, 1.807) is 43.3 Å². The summed E-state index contributed by atoms with van der Waals surface area (Å²) in [6, 6.07) is 10.2. The number of hydrogen-bond acceptors (Lipinski definition) is 4. The first kappa shape index (κ1) is 15.0. The third kappa shape index (κ3) is 4.03. The van der Waals surface area contributed by atoms with Crippen molar-refractivity contribution in [3.05, 3.63) is 52.8 Å². The lowest BCUT2D eigenvalue weighted by molar-refractivity contribution is -0.118. The molecule has 6 heteroatoms. The summed E-state index contributed by atoms with van der Waals surface area (Å²) in [5, 5.41) is 3.07. The highest BCUT2D eigenvalue weighted by molar-refractivity contribution is 6.33. The van der Waals surface area contributed by atoms with Crippen LogP contribution in [-0.4, -0.2) is 23.8 Å². The van der Waals surface area contributed by atoms with Gasteiger partial charge in [0.25, 0.3) is 5.91 Å². The summed E-state index contributed by atoms with van der Waals surface area (Å²) >= 11 is 5.94. The molecule has 0 saturated carbocycles. The van der Waals surface area contributed by atoms with Gasteiger partial charge in [-0.05, 0) is 31.2 Å². The number of para-hydroxylation sites is 1. The van der Waals surface area contributed by atoms with Gasteiger partial charge < -0.3 is 10.1 Å². The number of ether oxygens (including phenoxy) is 1. The van der Waals surface area contributed by atoms with Crippen molar-refractivity contribution in [1.82, 2.24) is 4.98 Å². The van der Waals surface area contributed by atoms with Gasteiger partial charge in [-0.1, -0.05) is 23.7 Å². The number of amides is 1. The number of nitrogens with zero attached hydrogens (tertiary/aromatic N) is 1. The van der Waals surface area contributed by atoms with Crippen LogP contribution in [0.25, 0.3) is 0 Å². The first-order chi connectivity index (χ1) is 10.1. The molecule has 5 nitrogen and oxygen atoms in total. The first-order valence-corrected chi connectivity index (χ1v) is 6.58. The average molecular weight is 305 g/mol. The summed E-state index contributed by atoms with van der Waals surface area (Å²) in [6.07, 6.45) is 0.592. The highest BCUT2D eigenvalue weighted by Crippen LogP contribution is 2.20. The van der Waals surface area contributed by atoms with Crippen LogP contribution in [0.15, 0.2) is 36.4 Å². The number of aldehydes is 1. The number of anilines is 1. The monoisotopic (exact) mass is 304 g/mol. The number of aryl methyl sites for hydroxylation is 1. The van der Waals surface area contributed by atoms with Gasteiger partial charge in [-0.2, -0.15) is 0 Å². The molecule has 0 saturated heterocycles. The second-order valence-electron chi connectivity index (χ2n) is 4.27. The van der Waals surface area contributed by atoms with Crippen molar-refractivity contribution in [3.63, 3.8) is 0 Å². The number of nitrogens with one attached hydrogen (secondary N) is 1. The van der Waals surface area contributed by atoms with Crippen molar-refractivity contribution in [2.24, 2.45) is 0 Å². The molecule has 0 unspecified atom stereocenters. The molecule has 2 aromatic rings. The third-order valence-corrected chi connectivity index (χ3v) is 2.97. The maximum atomic E-state index is 11.8. The van der Waals surface area contributed by atoms with E-state index in [4.69, 9.17) is 16.3 Å². The van der Waals surface area contributed by atoms with Crippen LogP contribution in [0.2, 0.25) is 5.02 Å². The Kier molecular flexibility index (Phi) is 4.90. The Morgan fingerprint density at radius 3 is 2.81 bits per heavy atom. The Labute approximate surface area is 126 Å². The molecular weight excluding hydrogens is 292 g/mol. The molecule has 0 bridgehead atoms. The fraction of sp³-hybridized carbons (Fsp3) is 0.133. The van der Waals surface area contributed by atoms with Gasteiger partial charge in [0.05, 0.1) is 10.7 Å². The molecule has 108 valence electrons. The van der Waals surface area contributed by atoms with Crippen molar-refractivity contribution in [3.8, 4) is 5.75 Å². The van der Waals surface area contributed by atoms with E-state index in [0.717, 1.165) is 0 Å². The SMILES string of the molecule is Cc1ccc(OCC(=O)Nc2ccccc2Cl)c(C=O)n1. The van der Waals surface area contributed by atoms with E-state index in [2.05, 4.69) is 10.3 Å². The molecule has 1 heterocycles. The Bertz CT molecular complexity index is 674.